The Labute approximate surface area is 159 Å². The third kappa shape index (κ3) is 19.0. The lowest BCUT2D eigenvalue weighted by atomic mass is 10.0. The zero-order chi connectivity index (χ0) is 19.3. The van der Waals surface area contributed by atoms with E-state index in [0.29, 0.717) is 12.8 Å². The normalized spacial score (nSPS) is 10.5. The number of nitrogens with zero attached hydrogens (tertiary/aromatic N) is 1. The lowest BCUT2D eigenvalue weighted by molar-refractivity contribution is -0.989. The van der Waals surface area contributed by atoms with Crippen LogP contribution in [0.15, 0.2) is 0 Å². The van der Waals surface area contributed by atoms with Crippen molar-refractivity contribution >= 4 is 5.91 Å². The fourth-order valence-corrected chi connectivity index (χ4v) is 2.81. The molecule has 154 valence electrons. The summed E-state index contributed by atoms with van der Waals surface area (Å²) in [7, 11) is 0. The molecule has 1 N–H and O–H groups in total. The molecule has 6 heteroatoms. The molecule has 0 rings (SSSR count). The van der Waals surface area contributed by atoms with Gasteiger partial charge in [-0.3, -0.25) is 4.79 Å². The van der Waals surface area contributed by atoms with Gasteiger partial charge < -0.3 is 0 Å². The summed E-state index contributed by atoms with van der Waals surface area (Å²) < 4.78 is 0. The molecule has 6 nitrogen and oxygen atoms in total. The lowest BCUT2D eigenvalue weighted by Crippen LogP contribution is -2.28. The molecule has 0 unspecified atom stereocenters. The van der Waals surface area contributed by atoms with E-state index >= 15 is 0 Å². The maximum Gasteiger partial charge on any atom is 0.504 e. The number of hydrogen-bond donors (Lipinski definition) is 1. The van der Waals surface area contributed by atoms with Crippen molar-refractivity contribution in [1.82, 2.24) is 5.48 Å². The second-order valence-corrected chi connectivity index (χ2v) is 7.02. The highest BCUT2D eigenvalue weighted by Crippen LogP contribution is 2.13. The van der Waals surface area contributed by atoms with Gasteiger partial charge in [-0.15, -0.1) is 5.48 Å². The third-order valence-electron chi connectivity index (χ3n) is 4.39. The highest BCUT2D eigenvalue weighted by atomic mass is 17.1. The maximum absolute atomic E-state index is 11.5. The molecule has 0 aliphatic carbocycles. The molecule has 0 radical (unpaired) electrons. The SMILES string of the molecule is CCCCCCCCCCCCCCCCC(=O)NO[N+](=O)OCCC. The van der Waals surface area contributed by atoms with Crippen molar-refractivity contribution in [3.8, 4) is 0 Å². The highest BCUT2D eigenvalue weighted by Gasteiger charge is 2.14. The van der Waals surface area contributed by atoms with Gasteiger partial charge in [-0.05, 0) is 17.8 Å². The predicted molar refractivity (Wildman–Crippen MR) is 104 cm³/mol. The smallest absolute Gasteiger partial charge is 0.272 e. The van der Waals surface area contributed by atoms with Crippen LogP contribution in [0.25, 0.3) is 0 Å². The molecule has 26 heavy (non-hydrogen) atoms. The minimum atomic E-state index is -0.287. The van der Waals surface area contributed by atoms with Gasteiger partial charge in [0.1, 0.15) is 4.91 Å². The summed E-state index contributed by atoms with van der Waals surface area (Å²) in [6.45, 7) is 4.40. The van der Waals surface area contributed by atoms with Gasteiger partial charge in [0.2, 0.25) is 0 Å². The highest BCUT2D eigenvalue weighted by molar-refractivity contribution is 5.74. The first kappa shape index (κ1) is 24.7. The average molecular weight is 374 g/mol. The van der Waals surface area contributed by atoms with E-state index in [1.807, 2.05) is 6.92 Å². The fourth-order valence-electron chi connectivity index (χ4n) is 2.81. The zero-order valence-corrected chi connectivity index (χ0v) is 17.1. The molecule has 0 bridgehead atoms. The largest absolute Gasteiger partial charge is 0.504 e. The van der Waals surface area contributed by atoms with Crippen LogP contribution in [0.3, 0.4) is 0 Å². The van der Waals surface area contributed by atoms with Crippen LogP contribution in [0.1, 0.15) is 117 Å². The van der Waals surface area contributed by atoms with Crippen LogP contribution in [-0.2, 0) is 14.6 Å². The number of rotatable bonds is 20. The van der Waals surface area contributed by atoms with Crippen molar-refractivity contribution in [2.75, 3.05) is 6.61 Å². The molecule has 1 amide bonds. The number of amides is 1. The van der Waals surface area contributed by atoms with E-state index in [-0.39, 0.29) is 17.6 Å². The Morgan fingerprint density at radius 1 is 0.731 bits per heavy atom. The minimum Gasteiger partial charge on any atom is -0.272 e. The third-order valence-corrected chi connectivity index (χ3v) is 4.39. The van der Waals surface area contributed by atoms with Crippen LogP contribution in [0.4, 0.5) is 0 Å². The number of hydrogen-bond acceptors (Lipinski definition) is 4. The molecule has 0 aromatic rings. The van der Waals surface area contributed by atoms with Crippen LogP contribution >= 0.6 is 0 Å². The monoisotopic (exact) mass is 373 g/mol. The number of unbranched alkanes of at least 4 members (excludes halogenated alkanes) is 13. The molecule has 0 saturated carbocycles. The molecule has 0 saturated heterocycles. The Kier molecular flexibility index (Phi) is 19.0. The van der Waals surface area contributed by atoms with E-state index in [4.69, 9.17) is 0 Å². The van der Waals surface area contributed by atoms with E-state index < -0.39 is 0 Å². The van der Waals surface area contributed by atoms with Gasteiger partial charge in [-0.1, -0.05) is 97.3 Å². The van der Waals surface area contributed by atoms with Crippen molar-refractivity contribution in [3.63, 3.8) is 0 Å². The van der Waals surface area contributed by atoms with Crippen LogP contribution in [0.2, 0.25) is 0 Å². The molecule has 0 aromatic heterocycles. The van der Waals surface area contributed by atoms with Gasteiger partial charge in [0.15, 0.2) is 6.61 Å². The first-order chi connectivity index (χ1) is 12.7. The quantitative estimate of drug-likeness (QED) is 0.212. The van der Waals surface area contributed by atoms with Gasteiger partial charge in [0, 0.05) is 6.42 Å². The van der Waals surface area contributed by atoms with Crippen molar-refractivity contribution in [2.45, 2.75) is 117 Å². The lowest BCUT2D eigenvalue weighted by Gasteiger charge is -2.03. The average Bonchev–Trinajstić information content (AvgIpc) is 2.64. The van der Waals surface area contributed by atoms with Crippen LogP contribution in [0.5, 0.6) is 0 Å². The Bertz CT molecular complexity index is 338. The summed E-state index contributed by atoms with van der Waals surface area (Å²) in [5.41, 5.74) is 2.09. The molecule has 0 fully saturated rings. The first-order valence-electron chi connectivity index (χ1n) is 10.8. The van der Waals surface area contributed by atoms with Crippen LogP contribution in [-0.4, -0.2) is 17.6 Å². The fraction of sp³-hybridized carbons (Fsp3) is 0.950. The van der Waals surface area contributed by atoms with Crippen molar-refractivity contribution in [1.29, 1.82) is 0 Å². The summed E-state index contributed by atoms with van der Waals surface area (Å²) in [5.74, 6) is -0.287. The number of hydroxylamine groups is 1. The van der Waals surface area contributed by atoms with Crippen molar-refractivity contribution < 1.29 is 19.7 Å². The minimum absolute atomic E-state index is 0.0629. The number of carbonyl (C=O) groups is 1. The summed E-state index contributed by atoms with van der Waals surface area (Å²) in [5, 5.41) is -0.0629. The molecular formula is C20H41N2O4+. The molecule has 0 spiro atoms. The Hall–Kier alpha value is -1.33. The van der Waals surface area contributed by atoms with E-state index in [0.717, 1.165) is 12.8 Å². The summed E-state index contributed by atoms with van der Waals surface area (Å²) >= 11 is 0. The topological polar surface area (TPSA) is 67.6 Å². The molecule has 0 atom stereocenters. The van der Waals surface area contributed by atoms with E-state index in [1.165, 1.54) is 77.0 Å². The van der Waals surface area contributed by atoms with Gasteiger partial charge in [-0.25, -0.2) is 0 Å². The Morgan fingerprint density at radius 2 is 1.19 bits per heavy atom. The van der Waals surface area contributed by atoms with Crippen LogP contribution < -0.4 is 5.48 Å². The van der Waals surface area contributed by atoms with Crippen molar-refractivity contribution in [2.24, 2.45) is 0 Å². The van der Waals surface area contributed by atoms with E-state index in [9.17, 15) is 9.70 Å². The summed E-state index contributed by atoms with van der Waals surface area (Å²) in [4.78, 5) is 31.5. The standard InChI is InChI=1S/C20H40N2O4/c1-3-5-6-7-8-9-10-11-12-13-14-15-16-17-18-20(23)21-26-22(24)25-19-4-2/h3-19H2,1-2H3/p+1. The number of carbonyl (C=O) groups excluding carboxylic acids is 1. The van der Waals surface area contributed by atoms with Gasteiger partial charge in [0.05, 0.1) is 0 Å². The zero-order valence-electron chi connectivity index (χ0n) is 17.1. The second-order valence-electron chi connectivity index (χ2n) is 7.02. The van der Waals surface area contributed by atoms with E-state index in [1.54, 1.807) is 0 Å². The maximum atomic E-state index is 11.5. The van der Waals surface area contributed by atoms with Crippen molar-refractivity contribution in [3.05, 3.63) is 4.91 Å². The summed E-state index contributed by atoms with van der Waals surface area (Å²) in [6, 6.07) is 0. The van der Waals surface area contributed by atoms with Gasteiger partial charge >= 0.3 is 5.09 Å². The van der Waals surface area contributed by atoms with E-state index in [2.05, 4.69) is 22.2 Å². The summed E-state index contributed by atoms with van der Waals surface area (Å²) in [6.07, 6.45) is 19.0. The molecule has 0 heterocycles. The molecule has 0 aliphatic rings. The number of nitrogens with one attached hydrogen (secondary N) is 1. The molecule has 0 aliphatic heterocycles. The molecule has 0 aromatic carbocycles. The van der Waals surface area contributed by atoms with Crippen LogP contribution in [0, 0.1) is 4.91 Å². The Morgan fingerprint density at radius 3 is 1.65 bits per heavy atom. The van der Waals surface area contributed by atoms with Gasteiger partial charge in [0.25, 0.3) is 5.91 Å². The Balaban J connectivity index is 3.21. The second kappa shape index (κ2) is 20.0. The molecular weight excluding hydrogens is 332 g/mol. The van der Waals surface area contributed by atoms with Gasteiger partial charge in [-0.2, -0.15) is 4.84 Å². The predicted octanol–water partition coefficient (Wildman–Crippen LogP) is 5.94. The first-order valence-corrected chi connectivity index (χ1v) is 10.8.